The number of nitrogens with zero attached hydrogens (tertiary/aromatic N) is 2. The van der Waals surface area contributed by atoms with Gasteiger partial charge in [-0.05, 0) is 91.6 Å². The smallest absolute Gasteiger partial charge is 0.251 e. The summed E-state index contributed by atoms with van der Waals surface area (Å²) < 4.78 is 28.0. The molecular weight excluding hydrogens is 645 g/mol. The van der Waals surface area contributed by atoms with Crippen LogP contribution < -0.4 is 15.4 Å². The number of nitrogens with one attached hydrogen (secondary N) is 2. The Morgan fingerprint density at radius 3 is 2.58 bits per heavy atom. The van der Waals surface area contributed by atoms with E-state index in [1.807, 2.05) is 79.3 Å². The van der Waals surface area contributed by atoms with Crippen LogP contribution in [0.25, 0.3) is 17.2 Å². The van der Waals surface area contributed by atoms with Gasteiger partial charge in [-0.15, -0.1) is 0 Å². The number of benzene rings is 3. The van der Waals surface area contributed by atoms with E-state index in [-0.39, 0.29) is 5.91 Å². The number of hydrogen-bond donors (Lipinski definition) is 2. The first-order valence-corrected chi connectivity index (χ1v) is 19.5. The molecule has 0 aliphatic carbocycles. The van der Waals surface area contributed by atoms with Gasteiger partial charge in [-0.3, -0.25) is 9.00 Å². The van der Waals surface area contributed by atoms with Crippen LogP contribution in [0.15, 0.2) is 83.7 Å². The number of anilines is 2. The van der Waals surface area contributed by atoms with Gasteiger partial charge in [0.25, 0.3) is 5.91 Å². The SMILES string of the molecule is CCCCOCCOc1ccc(-c2c(S(=O)Cc3cncn3CCC)ccc(NC(=O)/C3=C/c4ccccc4NCCC3)c2CCCC)cc1. The zero-order chi connectivity index (χ0) is 35.1. The van der Waals surface area contributed by atoms with Crippen molar-refractivity contribution in [3.63, 3.8) is 0 Å². The molecule has 5 rings (SSSR count). The second-order valence-electron chi connectivity index (χ2n) is 12.7. The van der Waals surface area contributed by atoms with Crippen LogP contribution in [0, 0.1) is 0 Å². The van der Waals surface area contributed by atoms with E-state index in [2.05, 4.69) is 41.0 Å². The van der Waals surface area contributed by atoms with E-state index in [0.717, 1.165) is 120 Å². The predicted molar refractivity (Wildman–Crippen MR) is 205 cm³/mol. The highest BCUT2D eigenvalue weighted by molar-refractivity contribution is 7.84. The Morgan fingerprint density at radius 2 is 1.78 bits per heavy atom. The highest BCUT2D eigenvalue weighted by atomic mass is 32.2. The van der Waals surface area contributed by atoms with Gasteiger partial charge in [-0.1, -0.05) is 63.9 Å². The molecule has 4 aromatic rings. The lowest BCUT2D eigenvalue weighted by molar-refractivity contribution is -0.112. The van der Waals surface area contributed by atoms with Crippen molar-refractivity contribution >= 4 is 34.2 Å². The number of amides is 1. The molecule has 1 amide bonds. The third-order valence-corrected chi connectivity index (χ3v) is 10.3. The van der Waals surface area contributed by atoms with E-state index in [1.54, 1.807) is 0 Å². The Bertz CT molecular complexity index is 1750. The van der Waals surface area contributed by atoms with Gasteiger partial charge in [-0.25, -0.2) is 4.98 Å². The van der Waals surface area contributed by atoms with Crippen molar-refractivity contribution in [2.45, 2.75) is 89.3 Å². The summed E-state index contributed by atoms with van der Waals surface area (Å²) in [6.07, 6.45) is 12.9. The molecule has 0 fully saturated rings. The topological polar surface area (TPSA) is 94.5 Å². The number of ether oxygens (including phenoxy) is 2. The van der Waals surface area contributed by atoms with Crippen LogP contribution in [0.1, 0.15) is 82.5 Å². The van der Waals surface area contributed by atoms with Crippen molar-refractivity contribution in [2.75, 3.05) is 37.0 Å². The number of unbranched alkanes of at least 4 members (excludes halogenated alkanes) is 2. The van der Waals surface area contributed by atoms with E-state index in [4.69, 9.17) is 9.47 Å². The lowest BCUT2D eigenvalue weighted by Gasteiger charge is -2.21. The number of hydrogen-bond acceptors (Lipinski definition) is 6. The van der Waals surface area contributed by atoms with Gasteiger partial charge in [0, 0.05) is 53.3 Å². The standard InChI is InChI=1S/C41H52N4O4S/c1-4-7-14-36-38(44-41(46)33-13-11-22-43-37-15-10-9-12-32(37)27-33)20-21-39(50(47)29-34-28-42-30-45(34)23-6-3)40(36)31-16-18-35(19-17-31)49-26-25-48-24-8-5-2/h9-10,12,15-21,27-28,30,43H,4-8,11,13-14,22-26,29H2,1-3H3,(H,44,46)/b33-27+. The van der Waals surface area contributed by atoms with E-state index in [1.165, 1.54) is 0 Å². The quantitative estimate of drug-likeness (QED) is 0.101. The summed E-state index contributed by atoms with van der Waals surface area (Å²) in [5.74, 6) is 1.00. The van der Waals surface area contributed by atoms with E-state index >= 15 is 0 Å². The molecule has 50 heavy (non-hydrogen) atoms. The second kappa shape index (κ2) is 19.3. The van der Waals surface area contributed by atoms with Crippen molar-refractivity contribution in [3.05, 3.63) is 95.6 Å². The Morgan fingerprint density at radius 1 is 0.960 bits per heavy atom. The van der Waals surface area contributed by atoms with Crippen LogP contribution in [-0.4, -0.2) is 46.0 Å². The summed E-state index contributed by atoms with van der Waals surface area (Å²) in [4.78, 5) is 19.1. The van der Waals surface area contributed by atoms with E-state index in [9.17, 15) is 9.00 Å². The third kappa shape index (κ3) is 9.94. The van der Waals surface area contributed by atoms with Crippen molar-refractivity contribution in [3.8, 4) is 16.9 Å². The van der Waals surface area contributed by atoms with Crippen LogP contribution in [-0.2, 0) is 39.0 Å². The summed E-state index contributed by atoms with van der Waals surface area (Å²) in [6.45, 7) is 9.83. The van der Waals surface area contributed by atoms with Gasteiger partial charge < -0.3 is 24.7 Å². The van der Waals surface area contributed by atoms with Gasteiger partial charge in [0.15, 0.2) is 0 Å². The third-order valence-electron chi connectivity index (χ3n) is 8.89. The average molecular weight is 697 g/mol. The molecule has 1 aliphatic rings. The van der Waals surface area contributed by atoms with Crippen LogP contribution in [0.5, 0.6) is 5.75 Å². The van der Waals surface area contributed by atoms with Crippen molar-refractivity contribution in [1.82, 2.24) is 9.55 Å². The zero-order valence-electron chi connectivity index (χ0n) is 29.8. The van der Waals surface area contributed by atoms with Crippen LogP contribution in [0.3, 0.4) is 0 Å². The van der Waals surface area contributed by atoms with Crippen LogP contribution >= 0.6 is 0 Å². The predicted octanol–water partition coefficient (Wildman–Crippen LogP) is 9.03. The number of fused-ring (bicyclic) bond motifs is 1. The summed E-state index contributed by atoms with van der Waals surface area (Å²) in [5.41, 5.74) is 7.34. The molecule has 2 heterocycles. The summed E-state index contributed by atoms with van der Waals surface area (Å²) in [7, 11) is -1.36. The molecule has 266 valence electrons. The highest BCUT2D eigenvalue weighted by Gasteiger charge is 2.22. The first-order chi connectivity index (χ1) is 24.5. The van der Waals surface area contributed by atoms with E-state index in [0.29, 0.717) is 25.4 Å². The zero-order valence-corrected chi connectivity index (χ0v) is 30.7. The highest BCUT2D eigenvalue weighted by Crippen LogP contribution is 2.38. The largest absolute Gasteiger partial charge is 0.491 e. The second-order valence-corrected chi connectivity index (χ2v) is 14.1. The van der Waals surface area contributed by atoms with Crippen molar-refractivity contribution in [1.29, 1.82) is 0 Å². The number of para-hydroxylation sites is 1. The Balaban J connectivity index is 1.50. The number of aryl methyl sites for hydroxylation is 1. The molecule has 8 nitrogen and oxygen atoms in total. The molecule has 0 radical (unpaired) electrons. The Hall–Kier alpha value is -4.21. The molecule has 0 bridgehead atoms. The average Bonchev–Trinajstić information content (AvgIpc) is 3.55. The fraction of sp³-hybridized carbons (Fsp3) is 0.415. The van der Waals surface area contributed by atoms with Gasteiger partial charge >= 0.3 is 0 Å². The van der Waals surface area contributed by atoms with E-state index < -0.39 is 10.8 Å². The molecular formula is C41H52N4O4S. The minimum absolute atomic E-state index is 0.104. The molecule has 0 spiro atoms. The fourth-order valence-corrected chi connectivity index (χ4v) is 7.55. The molecule has 3 aromatic carbocycles. The first kappa shape index (κ1) is 37.1. The van der Waals surface area contributed by atoms with Crippen molar-refractivity contribution in [2.24, 2.45) is 0 Å². The van der Waals surface area contributed by atoms with Crippen molar-refractivity contribution < 1.29 is 18.5 Å². The van der Waals surface area contributed by atoms with Crippen LogP contribution in [0.2, 0.25) is 0 Å². The monoisotopic (exact) mass is 696 g/mol. The van der Waals surface area contributed by atoms with Gasteiger partial charge in [0.2, 0.25) is 0 Å². The molecule has 1 unspecified atom stereocenters. The number of aromatic nitrogens is 2. The molecule has 1 atom stereocenters. The minimum Gasteiger partial charge on any atom is -0.491 e. The lowest BCUT2D eigenvalue weighted by atomic mass is 9.94. The molecule has 0 saturated heterocycles. The number of imidazole rings is 1. The molecule has 1 aliphatic heterocycles. The molecule has 1 aromatic heterocycles. The first-order valence-electron chi connectivity index (χ1n) is 18.2. The minimum atomic E-state index is -1.36. The number of carbonyl (C=O) groups excluding carboxylic acids is 1. The summed E-state index contributed by atoms with van der Waals surface area (Å²) in [6, 6.07) is 20.0. The maximum absolute atomic E-state index is 14.3. The Labute approximate surface area is 300 Å². The van der Waals surface area contributed by atoms with Gasteiger partial charge in [0.05, 0.1) is 35.2 Å². The van der Waals surface area contributed by atoms with Gasteiger partial charge in [0.1, 0.15) is 12.4 Å². The van der Waals surface area contributed by atoms with Gasteiger partial charge in [-0.2, -0.15) is 0 Å². The Kier molecular flexibility index (Phi) is 14.3. The number of carbonyl (C=O) groups is 1. The fourth-order valence-electron chi connectivity index (χ4n) is 6.20. The van der Waals surface area contributed by atoms with Crippen LogP contribution in [0.4, 0.5) is 11.4 Å². The molecule has 2 N–H and O–H groups in total. The number of rotatable bonds is 18. The molecule has 9 heteroatoms. The molecule has 0 saturated carbocycles. The summed E-state index contributed by atoms with van der Waals surface area (Å²) >= 11 is 0. The maximum Gasteiger partial charge on any atom is 0.251 e. The maximum atomic E-state index is 14.3. The normalized spacial score (nSPS) is 14.4. The summed E-state index contributed by atoms with van der Waals surface area (Å²) in [5, 5.41) is 6.77. The lowest BCUT2D eigenvalue weighted by Crippen LogP contribution is -2.18.